The first-order valence-corrected chi connectivity index (χ1v) is 7.43. The molecule has 0 saturated heterocycles. The average molecular weight is 300 g/mol. The molecule has 18 heavy (non-hydrogen) atoms. The van der Waals surface area contributed by atoms with Gasteiger partial charge in [0.05, 0.1) is 0 Å². The quantitative estimate of drug-likeness (QED) is 0.861. The van der Waals surface area contributed by atoms with E-state index in [2.05, 4.69) is 15.5 Å². The molecule has 0 aliphatic carbocycles. The van der Waals surface area contributed by atoms with Gasteiger partial charge in [-0.3, -0.25) is 4.79 Å². The van der Waals surface area contributed by atoms with Gasteiger partial charge in [-0.25, -0.2) is 0 Å². The van der Waals surface area contributed by atoms with Gasteiger partial charge in [-0.15, -0.1) is 22.0 Å². The van der Waals surface area contributed by atoms with E-state index in [0.717, 1.165) is 4.90 Å². The smallest absolute Gasteiger partial charge is 0.227 e. The highest BCUT2D eigenvalue weighted by Crippen LogP contribution is 2.21. The molecule has 94 valence electrons. The molecule has 2 rings (SSSR count). The molecule has 0 unspecified atom stereocenters. The van der Waals surface area contributed by atoms with Gasteiger partial charge in [-0.2, -0.15) is 0 Å². The molecule has 0 saturated carbocycles. The summed E-state index contributed by atoms with van der Waals surface area (Å²) >= 11 is 8.72. The van der Waals surface area contributed by atoms with Crippen molar-refractivity contribution in [2.24, 2.45) is 0 Å². The van der Waals surface area contributed by atoms with E-state index in [4.69, 9.17) is 11.6 Å². The van der Waals surface area contributed by atoms with Crippen molar-refractivity contribution in [3.8, 4) is 0 Å². The lowest BCUT2D eigenvalue weighted by atomic mass is 10.4. The van der Waals surface area contributed by atoms with Gasteiger partial charge in [0.1, 0.15) is 5.51 Å². The lowest BCUT2D eigenvalue weighted by Crippen LogP contribution is -2.11. The van der Waals surface area contributed by atoms with Crippen molar-refractivity contribution >= 4 is 45.7 Å². The summed E-state index contributed by atoms with van der Waals surface area (Å²) < 4.78 is 0. The van der Waals surface area contributed by atoms with Crippen LogP contribution in [0, 0.1) is 0 Å². The molecule has 0 bridgehead atoms. The predicted octanol–water partition coefficient (Wildman–Crippen LogP) is 3.31. The largest absolute Gasteiger partial charge is 0.301 e. The first-order chi connectivity index (χ1) is 8.74. The Hall–Kier alpha value is -1.11. The van der Waals surface area contributed by atoms with E-state index in [-0.39, 0.29) is 5.91 Å². The zero-order valence-electron chi connectivity index (χ0n) is 9.30. The summed E-state index contributed by atoms with van der Waals surface area (Å²) in [6, 6.07) is 7.56. The summed E-state index contributed by atoms with van der Waals surface area (Å²) in [5.41, 5.74) is 1.58. The molecule has 1 aromatic heterocycles. The van der Waals surface area contributed by atoms with Gasteiger partial charge in [-0.1, -0.05) is 22.9 Å². The minimum atomic E-state index is -0.0480. The lowest BCUT2D eigenvalue weighted by molar-refractivity contribution is -0.115. The predicted molar refractivity (Wildman–Crippen MR) is 75.3 cm³/mol. The number of amides is 1. The monoisotopic (exact) mass is 299 g/mol. The Morgan fingerprint density at radius 3 is 2.83 bits per heavy atom. The molecule has 0 spiro atoms. The topological polar surface area (TPSA) is 54.9 Å². The van der Waals surface area contributed by atoms with Crippen LogP contribution in [0.25, 0.3) is 0 Å². The van der Waals surface area contributed by atoms with Crippen LogP contribution in [0.15, 0.2) is 34.7 Å². The number of benzene rings is 1. The van der Waals surface area contributed by atoms with Crippen LogP contribution >= 0.6 is 34.7 Å². The highest BCUT2D eigenvalue weighted by atomic mass is 35.5. The first-order valence-electron chi connectivity index (χ1n) is 5.18. The van der Waals surface area contributed by atoms with E-state index in [1.165, 1.54) is 11.3 Å². The van der Waals surface area contributed by atoms with Crippen molar-refractivity contribution in [1.82, 2.24) is 10.2 Å². The van der Waals surface area contributed by atoms with Crippen LogP contribution in [0.4, 0.5) is 5.13 Å². The number of hydrogen-bond donors (Lipinski definition) is 1. The van der Waals surface area contributed by atoms with Gasteiger partial charge in [0.15, 0.2) is 0 Å². The highest BCUT2D eigenvalue weighted by molar-refractivity contribution is 7.99. The molecular weight excluding hydrogens is 290 g/mol. The maximum absolute atomic E-state index is 11.5. The van der Waals surface area contributed by atoms with Crippen molar-refractivity contribution in [2.75, 3.05) is 11.1 Å². The molecule has 1 amide bonds. The van der Waals surface area contributed by atoms with E-state index in [0.29, 0.717) is 22.3 Å². The molecule has 0 aliphatic rings. The molecule has 4 nitrogen and oxygen atoms in total. The van der Waals surface area contributed by atoms with Crippen molar-refractivity contribution in [3.63, 3.8) is 0 Å². The highest BCUT2D eigenvalue weighted by Gasteiger charge is 2.04. The molecule has 1 aromatic carbocycles. The SMILES string of the molecule is O=C(CCSc1ccc(Cl)cc1)Nc1nncs1. The number of rotatable bonds is 5. The molecule has 0 atom stereocenters. The van der Waals surface area contributed by atoms with Gasteiger partial charge >= 0.3 is 0 Å². The van der Waals surface area contributed by atoms with Crippen LogP contribution in [-0.4, -0.2) is 21.9 Å². The number of nitrogens with zero attached hydrogens (tertiary/aromatic N) is 2. The molecule has 0 aliphatic heterocycles. The van der Waals surface area contributed by atoms with Crippen molar-refractivity contribution < 1.29 is 4.79 Å². The fourth-order valence-electron chi connectivity index (χ4n) is 1.20. The summed E-state index contributed by atoms with van der Waals surface area (Å²) in [7, 11) is 0. The van der Waals surface area contributed by atoms with Crippen LogP contribution in [0.3, 0.4) is 0 Å². The van der Waals surface area contributed by atoms with Gasteiger partial charge < -0.3 is 5.32 Å². The van der Waals surface area contributed by atoms with Crippen LogP contribution < -0.4 is 5.32 Å². The van der Waals surface area contributed by atoms with Crippen LogP contribution in [0.2, 0.25) is 5.02 Å². The standard InChI is InChI=1S/C11H10ClN3OS2/c12-8-1-3-9(4-2-8)17-6-5-10(16)14-11-15-13-7-18-11/h1-4,7H,5-6H2,(H,14,15,16). The Balaban J connectivity index is 1.72. The summed E-state index contributed by atoms with van der Waals surface area (Å²) in [4.78, 5) is 12.6. The minimum Gasteiger partial charge on any atom is -0.301 e. The Labute approximate surface area is 118 Å². The molecule has 0 fully saturated rings. The van der Waals surface area contributed by atoms with E-state index in [1.54, 1.807) is 17.3 Å². The number of aromatic nitrogens is 2. The maximum Gasteiger partial charge on any atom is 0.227 e. The Bertz CT molecular complexity index is 502. The molecule has 7 heteroatoms. The molecule has 1 N–H and O–H groups in total. The van der Waals surface area contributed by atoms with Gasteiger partial charge in [0.2, 0.25) is 11.0 Å². The zero-order chi connectivity index (χ0) is 12.8. The number of carbonyl (C=O) groups excluding carboxylic acids is 1. The van der Waals surface area contributed by atoms with Gasteiger partial charge in [0.25, 0.3) is 0 Å². The maximum atomic E-state index is 11.5. The second kappa shape index (κ2) is 6.72. The van der Waals surface area contributed by atoms with Crippen LogP contribution in [-0.2, 0) is 4.79 Å². The van der Waals surface area contributed by atoms with Gasteiger partial charge in [0, 0.05) is 22.1 Å². The zero-order valence-corrected chi connectivity index (χ0v) is 11.7. The van der Waals surface area contributed by atoms with Gasteiger partial charge in [-0.05, 0) is 24.3 Å². The molecular formula is C11H10ClN3OS2. The number of carbonyl (C=O) groups is 1. The fraction of sp³-hybridized carbons (Fsp3) is 0.182. The van der Waals surface area contributed by atoms with Crippen LogP contribution in [0.1, 0.15) is 6.42 Å². The minimum absolute atomic E-state index is 0.0480. The normalized spacial score (nSPS) is 10.3. The van der Waals surface area contributed by atoms with E-state index < -0.39 is 0 Å². The summed E-state index contributed by atoms with van der Waals surface area (Å²) in [5, 5.41) is 11.3. The Kier molecular flexibility index (Phi) is 4.98. The summed E-state index contributed by atoms with van der Waals surface area (Å²) in [6.45, 7) is 0. The van der Waals surface area contributed by atoms with Crippen molar-refractivity contribution in [2.45, 2.75) is 11.3 Å². The average Bonchev–Trinajstić information content (AvgIpc) is 2.84. The number of nitrogens with one attached hydrogen (secondary N) is 1. The lowest BCUT2D eigenvalue weighted by Gasteiger charge is -2.02. The first kappa shape index (κ1) is 13.3. The molecule has 0 radical (unpaired) electrons. The fourth-order valence-corrected chi connectivity index (χ4v) is 2.64. The second-order valence-corrected chi connectivity index (χ2v) is 5.78. The molecule has 2 aromatic rings. The third-order valence-corrected chi connectivity index (χ3v) is 3.89. The summed E-state index contributed by atoms with van der Waals surface area (Å²) in [5.74, 6) is 0.667. The third kappa shape index (κ3) is 4.29. The third-order valence-electron chi connectivity index (χ3n) is 2.02. The van der Waals surface area contributed by atoms with E-state index in [9.17, 15) is 4.79 Å². The number of thioether (sulfide) groups is 1. The molecule has 1 heterocycles. The number of halogens is 1. The van der Waals surface area contributed by atoms with E-state index in [1.807, 2.05) is 24.3 Å². The number of hydrogen-bond acceptors (Lipinski definition) is 5. The van der Waals surface area contributed by atoms with Crippen molar-refractivity contribution in [1.29, 1.82) is 0 Å². The second-order valence-electron chi connectivity index (χ2n) is 3.34. The van der Waals surface area contributed by atoms with E-state index >= 15 is 0 Å². The Morgan fingerprint density at radius 1 is 1.39 bits per heavy atom. The van der Waals surface area contributed by atoms with Crippen LogP contribution in [0.5, 0.6) is 0 Å². The summed E-state index contributed by atoms with van der Waals surface area (Å²) in [6.07, 6.45) is 0.437. The van der Waals surface area contributed by atoms with Crippen molar-refractivity contribution in [3.05, 3.63) is 34.8 Å². The number of anilines is 1. The Morgan fingerprint density at radius 2 is 2.17 bits per heavy atom.